The molecule has 0 radical (unpaired) electrons. The fraction of sp³-hybridized carbons (Fsp3) is 0.185. The molecule has 33 heavy (non-hydrogen) atoms. The van der Waals surface area contributed by atoms with Crippen LogP contribution < -0.4 is 10.3 Å². The number of carbonyl (C=O) groups is 1. The van der Waals surface area contributed by atoms with Crippen LogP contribution in [-0.4, -0.2) is 24.2 Å². The van der Waals surface area contributed by atoms with Gasteiger partial charge in [-0.05, 0) is 29.7 Å². The minimum atomic E-state index is -0.539. The second-order valence-corrected chi connectivity index (χ2v) is 8.11. The predicted octanol–water partition coefficient (Wildman–Crippen LogP) is 4.95. The van der Waals surface area contributed by atoms with Gasteiger partial charge in [0.05, 0.1) is 17.6 Å². The molecule has 1 amide bonds. The van der Waals surface area contributed by atoms with Gasteiger partial charge in [0.1, 0.15) is 12.2 Å². The molecule has 6 nitrogen and oxygen atoms in total. The number of fused-ring (bicyclic) bond motifs is 2. The normalized spacial score (nSPS) is 13.6. The first kappa shape index (κ1) is 21.0. The molecule has 1 aliphatic rings. The first-order valence-electron chi connectivity index (χ1n) is 11.0. The average Bonchev–Trinajstić information content (AvgIpc) is 2.87. The number of para-hydroxylation sites is 1. The molecule has 5 rings (SSSR count). The molecule has 0 unspecified atom stereocenters. The van der Waals surface area contributed by atoms with E-state index in [1.165, 1.54) is 10.5 Å². The van der Waals surface area contributed by atoms with Crippen LogP contribution in [0.25, 0.3) is 11.0 Å². The molecule has 166 valence electrons. The Bertz CT molecular complexity index is 1320. The van der Waals surface area contributed by atoms with E-state index in [1.54, 1.807) is 12.1 Å². The van der Waals surface area contributed by atoms with Crippen molar-refractivity contribution in [2.24, 2.45) is 0 Å². The van der Waals surface area contributed by atoms with Gasteiger partial charge in [-0.3, -0.25) is 9.69 Å². The van der Waals surface area contributed by atoms with Gasteiger partial charge in [0.25, 0.3) is 0 Å². The number of anilines is 1. The van der Waals surface area contributed by atoms with E-state index in [1.807, 2.05) is 60.7 Å². The summed E-state index contributed by atoms with van der Waals surface area (Å²) in [6.07, 6.45) is 0.269. The summed E-state index contributed by atoms with van der Waals surface area (Å²) in [6, 6.07) is 26.8. The molecule has 6 heteroatoms. The Morgan fingerprint density at radius 3 is 2.30 bits per heavy atom. The molecular formula is C27H24N2O4. The van der Waals surface area contributed by atoms with Gasteiger partial charge in [-0.15, -0.1) is 0 Å². The van der Waals surface area contributed by atoms with Crippen molar-refractivity contribution in [2.45, 2.75) is 19.6 Å². The van der Waals surface area contributed by atoms with Gasteiger partial charge in [0, 0.05) is 13.1 Å². The zero-order valence-electron chi connectivity index (χ0n) is 18.1. The van der Waals surface area contributed by atoms with Gasteiger partial charge >= 0.3 is 6.09 Å². The highest BCUT2D eigenvalue weighted by Gasteiger charge is 2.33. The Morgan fingerprint density at radius 2 is 1.55 bits per heavy atom. The number of hydrogen-bond donors (Lipinski definition) is 0. The Morgan fingerprint density at radius 1 is 0.879 bits per heavy atom. The lowest BCUT2D eigenvalue weighted by Gasteiger charge is -2.34. The summed E-state index contributed by atoms with van der Waals surface area (Å²) < 4.78 is 11.6. The number of benzene rings is 3. The van der Waals surface area contributed by atoms with E-state index in [4.69, 9.17) is 9.15 Å². The van der Waals surface area contributed by atoms with Gasteiger partial charge in [-0.1, -0.05) is 72.8 Å². The van der Waals surface area contributed by atoms with Crippen molar-refractivity contribution in [2.75, 3.05) is 18.1 Å². The van der Waals surface area contributed by atoms with Crippen molar-refractivity contribution in [1.29, 1.82) is 0 Å². The molecule has 0 spiro atoms. The molecule has 0 atom stereocenters. The number of amides is 1. The molecule has 0 fully saturated rings. The molecule has 0 saturated carbocycles. The van der Waals surface area contributed by atoms with E-state index in [-0.39, 0.29) is 24.6 Å². The summed E-state index contributed by atoms with van der Waals surface area (Å²) in [5, 5.41) is 0.513. The van der Waals surface area contributed by atoms with Crippen molar-refractivity contribution in [3.8, 4) is 0 Å². The highest BCUT2D eigenvalue weighted by Crippen LogP contribution is 2.29. The summed E-state index contributed by atoms with van der Waals surface area (Å²) in [5.41, 5.74) is 2.91. The van der Waals surface area contributed by atoms with Crippen molar-refractivity contribution in [3.05, 3.63) is 112 Å². The third-order valence-corrected chi connectivity index (χ3v) is 5.82. The quantitative estimate of drug-likeness (QED) is 0.439. The van der Waals surface area contributed by atoms with Crippen molar-refractivity contribution < 1.29 is 13.9 Å². The van der Waals surface area contributed by atoms with Crippen LogP contribution in [0.2, 0.25) is 0 Å². The van der Waals surface area contributed by atoms with E-state index in [2.05, 4.69) is 17.0 Å². The maximum absolute atomic E-state index is 13.3. The molecule has 1 aliphatic heterocycles. The number of carbonyl (C=O) groups excluding carboxylic acids is 1. The lowest BCUT2D eigenvalue weighted by Crippen LogP contribution is -2.47. The molecule has 2 heterocycles. The van der Waals surface area contributed by atoms with Gasteiger partial charge < -0.3 is 9.15 Å². The van der Waals surface area contributed by atoms with Gasteiger partial charge in [0.15, 0.2) is 5.43 Å². The van der Waals surface area contributed by atoms with Crippen LogP contribution in [0.3, 0.4) is 0 Å². The molecular weight excluding hydrogens is 416 g/mol. The molecule has 3 aromatic carbocycles. The fourth-order valence-corrected chi connectivity index (χ4v) is 4.08. The van der Waals surface area contributed by atoms with Crippen LogP contribution in [0.5, 0.6) is 0 Å². The number of ether oxygens (including phenoxy) is 1. The highest BCUT2D eigenvalue weighted by molar-refractivity contribution is 5.89. The molecule has 4 aromatic rings. The van der Waals surface area contributed by atoms with Gasteiger partial charge in [0.2, 0.25) is 5.88 Å². The van der Waals surface area contributed by atoms with E-state index in [0.717, 1.165) is 12.0 Å². The Hall–Kier alpha value is -3.90. The van der Waals surface area contributed by atoms with Crippen LogP contribution in [0.15, 0.2) is 94.1 Å². The largest absolute Gasteiger partial charge is 0.444 e. The second-order valence-electron chi connectivity index (χ2n) is 8.11. The van der Waals surface area contributed by atoms with Crippen LogP contribution >= 0.6 is 0 Å². The maximum atomic E-state index is 13.3. The number of rotatable bonds is 5. The smallest absolute Gasteiger partial charge is 0.418 e. The first-order valence-corrected chi connectivity index (χ1v) is 11.0. The fourth-order valence-electron chi connectivity index (χ4n) is 4.08. The van der Waals surface area contributed by atoms with Crippen LogP contribution in [-0.2, 0) is 24.3 Å². The monoisotopic (exact) mass is 440 g/mol. The minimum absolute atomic E-state index is 0.114. The van der Waals surface area contributed by atoms with E-state index < -0.39 is 6.09 Å². The predicted molar refractivity (Wildman–Crippen MR) is 127 cm³/mol. The third-order valence-electron chi connectivity index (χ3n) is 5.82. The number of hydrogen-bond acceptors (Lipinski definition) is 5. The topological polar surface area (TPSA) is 63.0 Å². The molecule has 0 N–H and O–H groups in total. The van der Waals surface area contributed by atoms with Crippen LogP contribution in [0, 0.1) is 0 Å². The van der Waals surface area contributed by atoms with Gasteiger partial charge in [-0.25, -0.2) is 9.69 Å². The average molecular weight is 440 g/mol. The van der Waals surface area contributed by atoms with E-state index in [0.29, 0.717) is 29.6 Å². The SMILES string of the molecule is O=C(OCc1ccccc1)N1CN(CCc2ccccc2)Cc2c1oc1ccccc1c2=O. The maximum Gasteiger partial charge on any atom is 0.418 e. The summed E-state index contributed by atoms with van der Waals surface area (Å²) in [7, 11) is 0. The zero-order valence-corrected chi connectivity index (χ0v) is 18.1. The van der Waals surface area contributed by atoms with Crippen molar-refractivity contribution in [1.82, 2.24) is 4.90 Å². The summed E-state index contributed by atoms with van der Waals surface area (Å²) in [6.45, 7) is 1.54. The standard InChI is InChI=1S/C27H24N2O4/c30-25-22-13-7-8-14-24(22)33-26-23(25)17-28(16-15-20-9-3-1-4-10-20)19-29(26)27(31)32-18-21-11-5-2-6-12-21/h1-14H,15-19H2. The first-order chi connectivity index (χ1) is 16.2. The van der Waals surface area contributed by atoms with Crippen molar-refractivity contribution >= 4 is 22.9 Å². The Kier molecular flexibility index (Phi) is 5.91. The van der Waals surface area contributed by atoms with E-state index in [9.17, 15) is 9.59 Å². The second kappa shape index (κ2) is 9.30. The lowest BCUT2D eigenvalue weighted by molar-refractivity contribution is 0.136. The Labute approximate surface area is 191 Å². The summed E-state index contributed by atoms with van der Waals surface area (Å²) in [4.78, 5) is 29.9. The van der Waals surface area contributed by atoms with Crippen LogP contribution in [0.4, 0.5) is 10.7 Å². The van der Waals surface area contributed by atoms with Gasteiger partial charge in [-0.2, -0.15) is 0 Å². The highest BCUT2D eigenvalue weighted by atomic mass is 16.6. The third kappa shape index (κ3) is 4.52. The minimum Gasteiger partial charge on any atom is -0.444 e. The van der Waals surface area contributed by atoms with Crippen LogP contribution in [0.1, 0.15) is 16.7 Å². The molecule has 0 bridgehead atoms. The molecule has 0 aliphatic carbocycles. The molecule has 1 aromatic heterocycles. The lowest BCUT2D eigenvalue weighted by atomic mass is 10.1. The summed E-state index contributed by atoms with van der Waals surface area (Å²) >= 11 is 0. The summed E-state index contributed by atoms with van der Waals surface area (Å²) in [5.74, 6) is 0.271. The zero-order chi connectivity index (χ0) is 22.6. The Balaban J connectivity index is 1.44. The van der Waals surface area contributed by atoms with E-state index >= 15 is 0 Å². The number of nitrogens with zero attached hydrogens (tertiary/aromatic N) is 2. The van der Waals surface area contributed by atoms with Crippen molar-refractivity contribution in [3.63, 3.8) is 0 Å². The molecule has 0 saturated heterocycles.